The first-order valence-corrected chi connectivity index (χ1v) is 5.73. The molecule has 1 aliphatic rings. The van der Waals surface area contributed by atoms with Gasteiger partial charge in [0, 0.05) is 20.1 Å². The molecule has 2 N–H and O–H groups in total. The summed E-state index contributed by atoms with van der Waals surface area (Å²) in [6, 6.07) is 3.92. The molecule has 1 aliphatic heterocycles. The molecule has 1 saturated heterocycles. The van der Waals surface area contributed by atoms with Gasteiger partial charge in [-0.25, -0.2) is 0 Å². The first-order chi connectivity index (χ1) is 7.63. The van der Waals surface area contributed by atoms with Gasteiger partial charge in [0.2, 0.25) is 0 Å². The Morgan fingerprint density at radius 3 is 2.88 bits per heavy atom. The van der Waals surface area contributed by atoms with Gasteiger partial charge in [-0.2, -0.15) is 5.26 Å². The molecule has 1 atom stereocenters. The van der Waals surface area contributed by atoms with Gasteiger partial charge in [-0.1, -0.05) is 6.92 Å². The van der Waals surface area contributed by atoms with Crippen molar-refractivity contribution in [2.24, 2.45) is 13.0 Å². The minimum Gasteiger partial charge on any atom is -0.396 e. The molecule has 1 fully saturated rings. The highest BCUT2D eigenvalue weighted by atomic mass is 15.2. The number of nitrogens with zero attached hydrogens (tertiary/aromatic N) is 3. The molecular formula is C12H18N4. The molecule has 0 spiro atoms. The fraction of sp³-hybridized carbons (Fsp3) is 0.583. The highest BCUT2D eigenvalue weighted by Crippen LogP contribution is 2.30. The van der Waals surface area contributed by atoms with Crippen LogP contribution in [0.1, 0.15) is 25.5 Å². The Morgan fingerprint density at radius 1 is 1.56 bits per heavy atom. The maximum absolute atomic E-state index is 8.96. The molecule has 0 amide bonds. The molecule has 16 heavy (non-hydrogen) atoms. The predicted molar refractivity (Wildman–Crippen MR) is 65.2 cm³/mol. The molecule has 2 heterocycles. The summed E-state index contributed by atoms with van der Waals surface area (Å²) in [7, 11) is 1.91. The SMILES string of the molecule is CC1CCCN(c2c(N)cc(C#N)n2C)C1. The van der Waals surface area contributed by atoms with E-state index >= 15 is 0 Å². The van der Waals surface area contributed by atoms with Crippen molar-refractivity contribution in [3.63, 3.8) is 0 Å². The first-order valence-electron chi connectivity index (χ1n) is 5.73. The van der Waals surface area contributed by atoms with Gasteiger partial charge >= 0.3 is 0 Å². The second kappa shape index (κ2) is 4.09. The van der Waals surface area contributed by atoms with Gasteiger partial charge in [0.05, 0.1) is 5.69 Å². The molecule has 1 unspecified atom stereocenters. The number of nitrogens with two attached hydrogens (primary N) is 1. The molecule has 0 aliphatic carbocycles. The zero-order valence-electron chi connectivity index (χ0n) is 9.90. The second-order valence-corrected chi connectivity index (χ2v) is 4.67. The van der Waals surface area contributed by atoms with E-state index in [1.165, 1.54) is 12.8 Å². The summed E-state index contributed by atoms with van der Waals surface area (Å²) in [6.07, 6.45) is 2.49. The Labute approximate surface area is 96.3 Å². The van der Waals surface area contributed by atoms with E-state index in [0.29, 0.717) is 17.3 Å². The molecule has 0 saturated carbocycles. The standard InChI is InChI=1S/C12H18N4/c1-9-4-3-5-16(8-9)12-11(14)6-10(7-13)15(12)2/h6,9H,3-5,8,14H2,1-2H3. The lowest BCUT2D eigenvalue weighted by Crippen LogP contribution is -2.35. The summed E-state index contributed by atoms with van der Waals surface area (Å²) in [4.78, 5) is 2.30. The lowest BCUT2D eigenvalue weighted by Gasteiger charge is -2.33. The summed E-state index contributed by atoms with van der Waals surface area (Å²) in [6.45, 7) is 4.33. The van der Waals surface area contributed by atoms with Crippen molar-refractivity contribution in [2.45, 2.75) is 19.8 Å². The first kappa shape index (κ1) is 10.9. The third-order valence-electron chi connectivity index (χ3n) is 3.30. The van der Waals surface area contributed by atoms with E-state index in [0.717, 1.165) is 18.9 Å². The van der Waals surface area contributed by atoms with Crippen LogP contribution in [-0.2, 0) is 7.05 Å². The highest BCUT2D eigenvalue weighted by molar-refractivity contribution is 5.67. The van der Waals surface area contributed by atoms with Crippen molar-refractivity contribution in [3.05, 3.63) is 11.8 Å². The van der Waals surface area contributed by atoms with Crippen LogP contribution in [-0.4, -0.2) is 17.7 Å². The zero-order chi connectivity index (χ0) is 11.7. The van der Waals surface area contributed by atoms with Gasteiger partial charge < -0.3 is 15.2 Å². The summed E-state index contributed by atoms with van der Waals surface area (Å²) >= 11 is 0. The normalized spacial score (nSPS) is 20.8. The minimum atomic E-state index is 0.630. The smallest absolute Gasteiger partial charge is 0.133 e. The predicted octanol–water partition coefficient (Wildman–Crippen LogP) is 1.72. The fourth-order valence-electron chi connectivity index (χ4n) is 2.50. The average molecular weight is 218 g/mol. The molecule has 1 aromatic rings. The largest absolute Gasteiger partial charge is 0.396 e. The Bertz CT molecular complexity index is 427. The molecule has 2 rings (SSSR count). The van der Waals surface area contributed by atoms with Crippen molar-refractivity contribution in [1.29, 1.82) is 5.26 Å². The summed E-state index contributed by atoms with van der Waals surface area (Å²) in [5.41, 5.74) is 7.33. The van der Waals surface area contributed by atoms with Crippen LogP contribution in [0, 0.1) is 17.2 Å². The fourth-order valence-corrected chi connectivity index (χ4v) is 2.50. The van der Waals surface area contributed by atoms with Crippen LogP contribution < -0.4 is 10.6 Å². The topological polar surface area (TPSA) is 58.0 Å². The van der Waals surface area contributed by atoms with E-state index in [1.807, 2.05) is 11.6 Å². The van der Waals surface area contributed by atoms with Crippen molar-refractivity contribution in [2.75, 3.05) is 23.7 Å². The number of hydrogen-bond donors (Lipinski definition) is 1. The summed E-state index contributed by atoms with van der Waals surface area (Å²) < 4.78 is 1.90. The maximum Gasteiger partial charge on any atom is 0.133 e. The number of rotatable bonds is 1. The highest BCUT2D eigenvalue weighted by Gasteiger charge is 2.22. The second-order valence-electron chi connectivity index (χ2n) is 4.67. The number of anilines is 2. The van der Waals surface area contributed by atoms with Gasteiger partial charge in [0.25, 0.3) is 0 Å². The molecule has 0 radical (unpaired) electrons. The van der Waals surface area contributed by atoms with Crippen LogP contribution in [0.5, 0.6) is 0 Å². The Hall–Kier alpha value is -1.63. The van der Waals surface area contributed by atoms with Crippen LogP contribution in [0.15, 0.2) is 6.07 Å². The monoisotopic (exact) mass is 218 g/mol. The van der Waals surface area contributed by atoms with E-state index in [-0.39, 0.29) is 0 Å². The molecule has 1 aromatic heterocycles. The van der Waals surface area contributed by atoms with Gasteiger partial charge in [0.1, 0.15) is 17.6 Å². The average Bonchev–Trinajstić information content (AvgIpc) is 2.53. The van der Waals surface area contributed by atoms with Crippen LogP contribution >= 0.6 is 0 Å². The Balaban J connectivity index is 2.33. The number of nitrogen functional groups attached to an aromatic ring is 1. The molecule has 0 bridgehead atoms. The van der Waals surface area contributed by atoms with Gasteiger partial charge in [-0.3, -0.25) is 0 Å². The molecular weight excluding hydrogens is 200 g/mol. The Morgan fingerprint density at radius 2 is 2.31 bits per heavy atom. The van der Waals surface area contributed by atoms with Crippen LogP contribution in [0.3, 0.4) is 0 Å². The van der Waals surface area contributed by atoms with Crippen molar-refractivity contribution < 1.29 is 0 Å². The van der Waals surface area contributed by atoms with Crippen LogP contribution in [0.25, 0.3) is 0 Å². The number of piperidine rings is 1. The van der Waals surface area contributed by atoms with E-state index in [2.05, 4.69) is 17.9 Å². The molecule has 86 valence electrons. The lowest BCUT2D eigenvalue weighted by molar-refractivity contribution is 0.442. The molecule has 4 heteroatoms. The zero-order valence-corrected chi connectivity index (χ0v) is 9.90. The van der Waals surface area contributed by atoms with E-state index in [9.17, 15) is 0 Å². The number of nitriles is 1. The lowest BCUT2D eigenvalue weighted by atomic mass is 10.0. The Kier molecular flexibility index (Phi) is 2.78. The summed E-state index contributed by atoms with van der Waals surface area (Å²) in [5, 5.41) is 8.96. The molecule has 0 aromatic carbocycles. The minimum absolute atomic E-state index is 0.630. The van der Waals surface area contributed by atoms with Crippen molar-refractivity contribution in [1.82, 2.24) is 4.57 Å². The van der Waals surface area contributed by atoms with Gasteiger partial charge in [-0.15, -0.1) is 0 Å². The number of hydrogen-bond acceptors (Lipinski definition) is 3. The maximum atomic E-state index is 8.96. The van der Waals surface area contributed by atoms with Crippen molar-refractivity contribution >= 4 is 11.5 Å². The van der Waals surface area contributed by atoms with E-state index in [4.69, 9.17) is 11.0 Å². The quantitative estimate of drug-likeness (QED) is 0.780. The number of aromatic nitrogens is 1. The van der Waals surface area contributed by atoms with Crippen LogP contribution in [0.2, 0.25) is 0 Å². The van der Waals surface area contributed by atoms with Gasteiger partial charge in [-0.05, 0) is 24.8 Å². The van der Waals surface area contributed by atoms with E-state index < -0.39 is 0 Å². The van der Waals surface area contributed by atoms with E-state index in [1.54, 1.807) is 6.07 Å². The van der Waals surface area contributed by atoms with Crippen LogP contribution in [0.4, 0.5) is 11.5 Å². The molecule has 4 nitrogen and oxygen atoms in total. The third-order valence-corrected chi connectivity index (χ3v) is 3.30. The van der Waals surface area contributed by atoms with Gasteiger partial charge in [0.15, 0.2) is 0 Å². The summed E-state index contributed by atoms with van der Waals surface area (Å²) in [5.74, 6) is 1.71. The van der Waals surface area contributed by atoms with Crippen molar-refractivity contribution in [3.8, 4) is 6.07 Å². The third kappa shape index (κ3) is 1.73.